The van der Waals surface area contributed by atoms with Crippen LogP contribution in [0.3, 0.4) is 0 Å². The van der Waals surface area contributed by atoms with Crippen molar-refractivity contribution in [1.29, 1.82) is 0 Å². The van der Waals surface area contributed by atoms with Crippen LogP contribution < -0.4 is 0 Å². The second-order valence-corrected chi connectivity index (χ2v) is 5.62. The van der Waals surface area contributed by atoms with Gasteiger partial charge in [0.15, 0.2) is 0 Å². The van der Waals surface area contributed by atoms with Crippen LogP contribution >= 0.6 is 0 Å². The van der Waals surface area contributed by atoms with Crippen molar-refractivity contribution in [2.24, 2.45) is 0 Å². The van der Waals surface area contributed by atoms with Crippen LogP contribution in [0.2, 0.25) is 0 Å². The number of hydrogen-bond acceptors (Lipinski definition) is 4. The lowest BCUT2D eigenvalue weighted by molar-refractivity contribution is -0.137. The molecule has 3 rings (SSSR count). The van der Waals surface area contributed by atoms with E-state index < -0.39 is 29.8 Å². The van der Waals surface area contributed by atoms with Gasteiger partial charge in [-0.2, -0.15) is 23.4 Å². The molecular formula is C16H14F3N3O2. The van der Waals surface area contributed by atoms with Crippen LogP contribution in [-0.2, 0) is 6.18 Å². The summed E-state index contributed by atoms with van der Waals surface area (Å²) in [5.41, 5.74) is -0.160. The van der Waals surface area contributed by atoms with Crippen molar-refractivity contribution < 1.29 is 23.1 Å². The molecule has 0 aliphatic carbocycles. The van der Waals surface area contributed by atoms with Crippen LogP contribution in [0.15, 0.2) is 42.7 Å². The molecule has 2 atom stereocenters. The van der Waals surface area contributed by atoms with E-state index in [1.807, 2.05) is 0 Å². The number of β-amino-alcohol motifs (C(OH)–C–C–N with tert-alkyl or cyclic N) is 1. The summed E-state index contributed by atoms with van der Waals surface area (Å²) in [7, 11) is 0. The Morgan fingerprint density at radius 3 is 2.71 bits per heavy atom. The predicted molar refractivity (Wildman–Crippen MR) is 77.9 cm³/mol. The summed E-state index contributed by atoms with van der Waals surface area (Å²) in [4.78, 5) is 14.0. The molecule has 0 spiro atoms. The number of benzene rings is 1. The molecule has 0 saturated carbocycles. The molecule has 5 nitrogen and oxygen atoms in total. The SMILES string of the molecule is O=C(c1ccnnc1)N1C[C@H](O)C[C@H]1c1cccc(C(F)(F)F)c1. The molecule has 1 aliphatic rings. The Hall–Kier alpha value is -2.48. The number of halogens is 3. The summed E-state index contributed by atoms with van der Waals surface area (Å²) in [5, 5.41) is 17.1. The molecule has 1 amide bonds. The van der Waals surface area contributed by atoms with Crippen LogP contribution in [-0.4, -0.2) is 38.8 Å². The van der Waals surface area contributed by atoms with Gasteiger partial charge < -0.3 is 10.0 Å². The maximum absolute atomic E-state index is 12.9. The molecule has 1 saturated heterocycles. The lowest BCUT2D eigenvalue weighted by Crippen LogP contribution is -2.32. The highest BCUT2D eigenvalue weighted by atomic mass is 19.4. The monoisotopic (exact) mass is 337 g/mol. The van der Waals surface area contributed by atoms with Crippen molar-refractivity contribution in [3.05, 3.63) is 59.4 Å². The quantitative estimate of drug-likeness (QED) is 0.914. The van der Waals surface area contributed by atoms with Crippen LogP contribution in [0.1, 0.15) is 33.9 Å². The van der Waals surface area contributed by atoms with Crippen LogP contribution in [0.4, 0.5) is 13.2 Å². The maximum Gasteiger partial charge on any atom is 0.416 e. The van der Waals surface area contributed by atoms with Gasteiger partial charge in [0.1, 0.15) is 0 Å². The van der Waals surface area contributed by atoms with Crippen molar-refractivity contribution in [2.45, 2.75) is 24.7 Å². The molecule has 1 aromatic heterocycles. The summed E-state index contributed by atoms with van der Waals surface area (Å²) >= 11 is 0. The Morgan fingerprint density at radius 1 is 1.25 bits per heavy atom. The minimum atomic E-state index is -4.46. The number of hydrogen-bond donors (Lipinski definition) is 1. The summed E-state index contributed by atoms with van der Waals surface area (Å²) < 4.78 is 38.7. The highest BCUT2D eigenvalue weighted by Crippen LogP contribution is 2.36. The van der Waals surface area contributed by atoms with E-state index in [1.165, 1.54) is 35.5 Å². The Kier molecular flexibility index (Phi) is 4.23. The molecule has 0 radical (unpaired) electrons. The minimum Gasteiger partial charge on any atom is -0.391 e. The molecular weight excluding hydrogens is 323 g/mol. The molecule has 8 heteroatoms. The first-order valence-electron chi connectivity index (χ1n) is 7.29. The molecule has 24 heavy (non-hydrogen) atoms. The van der Waals surface area contributed by atoms with E-state index in [0.717, 1.165) is 12.1 Å². The highest BCUT2D eigenvalue weighted by molar-refractivity contribution is 5.94. The van der Waals surface area contributed by atoms with Crippen molar-refractivity contribution >= 4 is 5.91 Å². The van der Waals surface area contributed by atoms with E-state index >= 15 is 0 Å². The highest BCUT2D eigenvalue weighted by Gasteiger charge is 2.37. The van der Waals surface area contributed by atoms with Gasteiger partial charge in [0.2, 0.25) is 0 Å². The van der Waals surface area contributed by atoms with E-state index in [1.54, 1.807) is 0 Å². The van der Waals surface area contributed by atoms with Gasteiger partial charge in [-0.25, -0.2) is 0 Å². The first-order chi connectivity index (χ1) is 11.4. The van der Waals surface area contributed by atoms with Crippen molar-refractivity contribution in [2.75, 3.05) is 6.54 Å². The number of aromatic nitrogens is 2. The molecule has 0 unspecified atom stereocenters. The van der Waals surface area contributed by atoms with Gasteiger partial charge >= 0.3 is 6.18 Å². The molecule has 2 aromatic rings. The minimum absolute atomic E-state index is 0.0576. The van der Waals surface area contributed by atoms with Crippen molar-refractivity contribution in [1.82, 2.24) is 15.1 Å². The number of alkyl halides is 3. The van der Waals surface area contributed by atoms with Gasteiger partial charge in [-0.1, -0.05) is 12.1 Å². The predicted octanol–water partition coefficient (Wildman–Crippen LogP) is 2.44. The number of likely N-dealkylation sites (tertiary alicyclic amines) is 1. The summed E-state index contributed by atoms with van der Waals surface area (Å²) in [6.45, 7) is 0.0576. The van der Waals surface area contributed by atoms with E-state index in [2.05, 4.69) is 10.2 Å². The molecule has 1 fully saturated rings. The molecule has 1 aromatic carbocycles. The van der Waals surface area contributed by atoms with Gasteiger partial charge in [0.05, 0.1) is 35.7 Å². The second-order valence-electron chi connectivity index (χ2n) is 5.62. The number of carbonyl (C=O) groups excluding carboxylic acids is 1. The summed E-state index contributed by atoms with van der Waals surface area (Å²) in [6.07, 6.45) is -2.42. The smallest absolute Gasteiger partial charge is 0.391 e. The zero-order valence-corrected chi connectivity index (χ0v) is 12.4. The van der Waals surface area contributed by atoms with Crippen molar-refractivity contribution in [3.8, 4) is 0 Å². The maximum atomic E-state index is 12.9. The largest absolute Gasteiger partial charge is 0.416 e. The van der Waals surface area contributed by atoms with Gasteiger partial charge in [-0.3, -0.25) is 4.79 Å². The average molecular weight is 337 g/mol. The van der Waals surface area contributed by atoms with Gasteiger partial charge in [-0.15, -0.1) is 0 Å². The third-order valence-corrected chi connectivity index (χ3v) is 3.97. The second kappa shape index (κ2) is 6.20. The van der Waals surface area contributed by atoms with Crippen LogP contribution in [0, 0.1) is 0 Å². The molecule has 1 N–H and O–H groups in total. The fraction of sp³-hybridized carbons (Fsp3) is 0.312. The number of carbonyl (C=O) groups is 1. The number of aliphatic hydroxyl groups is 1. The first kappa shape index (κ1) is 16.4. The Balaban J connectivity index is 1.93. The van der Waals surface area contributed by atoms with E-state index in [4.69, 9.17) is 0 Å². The number of amides is 1. The Morgan fingerprint density at radius 2 is 2.04 bits per heavy atom. The van der Waals surface area contributed by atoms with Gasteiger partial charge in [0, 0.05) is 6.54 Å². The zero-order valence-electron chi connectivity index (χ0n) is 12.4. The Bertz CT molecular complexity index is 737. The Labute approximate surface area is 135 Å². The summed E-state index contributed by atoms with van der Waals surface area (Å²) in [6, 6.07) is 5.69. The van der Waals surface area contributed by atoms with E-state index in [-0.39, 0.29) is 18.5 Å². The number of nitrogens with zero attached hydrogens (tertiary/aromatic N) is 3. The molecule has 0 bridgehead atoms. The standard InChI is InChI=1S/C16H14F3N3O2/c17-16(18,19)12-3-1-2-10(6-12)14-7-13(23)9-22(14)15(24)11-4-5-20-21-8-11/h1-6,8,13-14,23H,7,9H2/t13-,14+/m1/s1. The normalized spacial score (nSPS) is 21.1. The van der Waals surface area contributed by atoms with Crippen molar-refractivity contribution in [3.63, 3.8) is 0 Å². The third-order valence-electron chi connectivity index (χ3n) is 3.97. The number of aliphatic hydroxyl groups excluding tert-OH is 1. The molecule has 1 aliphatic heterocycles. The third kappa shape index (κ3) is 3.23. The summed E-state index contributed by atoms with van der Waals surface area (Å²) in [5.74, 6) is -0.399. The fourth-order valence-corrected chi connectivity index (χ4v) is 2.86. The topological polar surface area (TPSA) is 66.3 Å². The van der Waals surface area contributed by atoms with Gasteiger partial charge in [0.25, 0.3) is 5.91 Å². The van der Waals surface area contributed by atoms with E-state index in [0.29, 0.717) is 5.56 Å². The lowest BCUT2D eigenvalue weighted by Gasteiger charge is -2.25. The average Bonchev–Trinajstić information content (AvgIpc) is 2.96. The first-order valence-corrected chi connectivity index (χ1v) is 7.29. The van der Waals surface area contributed by atoms with Crippen LogP contribution in [0.5, 0.6) is 0 Å². The lowest BCUT2D eigenvalue weighted by atomic mass is 10.0. The zero-order chi connectivity index (χ0) is 17.3. The molecule has 2 heterocycles. The molecule has 126 valence electrons. The number of rotatable bonds is 2. The van der Waals surface area contributed by atoms with E-state index in [9.17, 15) is 23.1 Å². The van der Waals surface area contributed by atoms with Crippen LogP contribution in [0.25, 0.3) is 0 Å². The fourth-order valence-electron chi connectivity index (χ4n) is 2.86. The van der Waals surface area contributed by atoms with Gasteiger partial charge in [-0.05, 0) is 30.2 Å².